The van der Waals surface area contributed by atoms with Crippen LogP contribution < -0.4 is 5.32 Å². The molecule has 32 heavy (non-hydrogen) atoms. The molecule has 1 aliphatic carbocycles. The predicted octanol–water partition coefficient (Wildman–Crippen LogP) is 5.34. The molecule has 0 atom stereocenters. The quantitative estimate of drug-likeness (QED) is 0.429. The molecule has 0 saturated heterocycles. The van der Waals surface area contributed by atoms with Crippen molar-refractivity contribution in [2.45, 2.75) is 59.0 Å². The summed E-state index contributed by atoms with van der Waals surface area (Å²) in [6, 6.07) is 15.4. The van der Waals surface area contributed by atoms with Gasteiger partial charge in [-0.05, 0) is 91.6 Å². The Morgan fingerprint density at radius 1 is 1.06 bits per heavy atom. The van der Waals surface area contributed by atoms with Crippen LogP contribution in [0.5, 0.6) is 0 Å². The van der Waals surface area contributed by atoms with Gasteiger partial charge in [0, 0.05) is 29.2 Å². The summed E-state index contributed by atoms with van der Waals surface area (Å²) < 4.78 is 1.85. The van der Waals surface area contributed by atoms with Gasteiger partial charge in [-0.25, -0.2) is 0 Å². The number of rotatable bonds is 4. The second-order valence-corrected chi connectivity index (χ2v) is 9.35. The molecule has 0 aliphatic heterocycles. The van der Waals surface area contributed by atoms with Gasteiger partial charge in [0.15, 0.2) is 10.8 Å². The van der Waals surface area contributed by atoms with Gasteiger partial charge in [-0.3, -0.25) is 0 Å². The molecule has 0 bridgehead atoms. The molecule has 1 fully saturated rings. The minimum Gasteiger partial charge on any atom is -0.342 e. The van der Waals surface area contributed by atoms with Crippen LogP contribution >= 0.6 is 12.2 Å². The molecule has 0 unspecified atom stereocenters. The van der Waals surface area contributed by atoms with E-state index < -0.39 is 0 Å². The highest BCUT2D eigenvalue weighted by Crippen LogP contribution is 2.29. The molecule has 6 nitrogen and oxygen atoms in total. The van der Waals surface area contributed by atoms with Crippen molar-refractivity contribution in [1.29, 1.82) is 0 Å². The van der Waals surface area contributed by atoms with Crippen LogP contribution in [-0.2, 0) is 6.54 Å². The number of aryl methyl sites for hydroxylation is 3. The SMILES string of the molecule is Cc1ccc(C)c(NC(=S)N(Cc2cc3cc(C)ccc3n3nnnc23)C2CCCC2)c1. The number of nitrogens with zero attached hydrogens (tertiary/aromatic N) is 5. The van der Waals surface area contributed by atoms with Crippen molar-refractivity contribution in [2.75, 3.05) is 5.32 Å². The molecule has 1 aliphatic rings. The minimum absolute atomic E-state index is 0.421. The Morgan fingerprint density at radius 2 is 1.81 bits per heavy atom. The van der Waals surface area contributed by atoms with Gasteiger partial charge in [-0.1, -0.05) is 36.6 Å². The second kappa shape index (κ2) is 8.47. The summed E-state index contributed by atoms with van der Waals surface area (Å²) in [6.07, 6.45) is 4.79. The maximum atomic E-state index is 5.97. The predicted molar refractivity (Wildman–Crippen MR) is 133 cm³/mol. The molecule has 0 radical (unpaired) electrons. The van der Waals surface area contributed by atoms with Crippen molar-refractivity contribution in [3.8, 4) is 0 Å². The molecule has 2 heterocycles. The van der Waals surface area contributed by atoms with Crippen LogP contribution in [0.2, 0.25) is 0 Å². The van der Waals surface area contributed by atoms with Crippen molar-refractivity contribution >= 4 is 39.6 Å². The maximum absolute atomic E-state index is 5.97. The van der Waals surface area contributed by atoms with E-state index in [9.17, 15) is 0 Å². The molecule has 7 heteroatoms. The highest BCUT2D eigenvalue weighted by atomic mass is 32.1. The normalized spacial score (nSPS) is 14.3. The number of nitrogens with one attached hydrogen (secondary N) is 1. The van der Waals surface area contributed by atoms with Crippen LogP contribution in [0.4, 0.5) is 5.69 Å². The number of benzene rings is 2. The summed E-state index contributed by atoms with van der Waals surface area (Å²) in [5.74, 6) is 0. The molecule has 164 valence electrons. The molecular weight excluding hydrogens is 416 g/mol. The number of pyridine rings is 1. The molecular formula is C25H28N6S. The molecule has 1 N–H and O–H groups in total. The molecule has 4 aromatic rings. The monoisotopic (exact) mass is 444 g/mol. The minimum atomic E-state index is 0.421. The van der Waals surface area contributed by atoms with E-state index in [-0.39, 0.29) is 0 Å². The molecule has 2 aromatic carbocycles. The van der Waals surface area contributed by atoms with Crippen LogP contribution in [0.15, 0.2) is 42.5 Å². The van der Waals surface area contributed by atoms with E-state index in [0.29, 0.717) is 12.6 Å². The van der Waals surface area contributed by atoms with Gasteiger partial charge >= 0.3 is 0 Å². The average molecular weight is 445 g/mol. The third-order valence-corrected chi connectivity index (χ3v) is 6.84. The Labute approximate surface area is 193 Å². The van der Waals surface area contributed by atoms with E-state index in [4.69, 9.17) is 12.2 Å². The van der Waals surface area contributed by atoms with E-state index in [0.717, 1.165) is 45.8 Å². The Balaban J connectivity index is 1.53. The summed E-state index contributed by atoms with van der Waals surface area (Å²) in [7, 11) is 0. The standard InChI is InChI=1S/C25H28N6S/c1-16-9-11-23-19(12-16)14-20(24-27-28-29-31(23)24)15-30(21-6-4-5-7-21)25(32)26-22-13-17(2)8-10-18(22)3/h8-14,21H,4-7,15H2,1-3H3,(H,26,32). The number of aromatic nitrogens is 4. The molecule has 1 saturated carbocycles. The van der Waals surface area contributed by atoms with Crippen LogP contribution in [0.3, 0.4) is 0 Å². The molecule has 0 amide bonds. The lowest BCUT2D eigenvalue weighted by Gasteiger charge is -2.32. The first-order chi connectivity index (χ1) is 15.5. The van der Waals surface area contributed by atoms with E-state index in [1.54, 1.807) is 0 Å². The second-order valence-electron chi connectivity index (χ2n) is 8.96. The first-order valence-corrected chi connectivity index (χ1v) is 11.7. The topological polar surface area (TPSA) is 58.4 Å². The van der Waals surface area contributed by atoms with Gasteiger partial charge in [0.25, 0.3) is 0 Å². The van der Waals surface area contributed by atoms with Crippen molar-refractivity contribution in [3.63, 3.8) is 0 Å². The smallest absolute Gasteiger partial charge is 0.184 e. The zero-order valence-electron chi connectivity index (χ0n) is 18.8. The van der Waals surface area contributed by atoms with Crippen LogP contribution in [0.1, 0.15) is 47.9 Å². The first-order valence-electron chi connectivity index (χ1n) is 11.2. The molecule has 2 aromatic heterocycles. The van der Waals surface area contributed by atoms with E-state index in [1.165, 1.54) is 29.5 Å². The largest absolute Gasteiger partial charge is 0.342 e. The number of anilines is 1. The Morgan fingerprint density at radius 3 is 2.62 bits per heavy atom. The fourth-order valence-corrected chi connectivity index (χ4v) is 5.05. The van der Waals surface area contributed by atoms with Crippen molar-refractivity contribution in [3.05, 3.63) is 64.7 Å². The number of hydrogen-bond donors (Lipinski definition) is 1. The zero-order chi connectivity index (χ0) is 22.2. The summed E-state index contributed by atoms with van der Waals surface area (Å²) in [6.45, 7) is 7.00. The van der Waals surface area contributed by atoms with Crippen LogP contribution in [0, 0.1) is 20.8 Å². The lowest BCUT2D eigenvalue weighted by molar-refractivity contribution is 0.313. The number of fused-ring (bicyclic) bond motifs is 3. The summed E-state index contributed by atoms with van der Waals surface area (Å²) in [4.78, 5) is 2.34. The van der Waals surface area contributed by atoms with Gasteiger partial charge in [-0.2, -0.15) is 4.52 Å². The van der Waals surface area contributed by atoms with Crippen LogP contribution in [-0.4, -0.2) is 36.1 Å². The lowest BCUT2D eigenvalue weighted by Crippen LogP contribution is -2.41. The molecule has 5 rings (SSSR count). The zero-order valence-corrected chi connectivity index (χ0v) is 19.6. The third-order valence-electron chi connectivity index (χ3n) is 6.50. The summed E-state index contributed by atoms with van der Waals surface area (Å²) in [5.41, 5.74) is 7.59. The highest BCUT2D eigenvalue weighted by Gasteiger charge is 2.26. The lowest BCUT2D eigenvalue weighted by atomic mass is 10.1. The fourth-order valence-electron chi connectivity index (χ4n) is 4.72. The first kappa shape index (κ1) is 20.8. The van der Waals surface area contributed by atoms with Gasteiger partial charge in [0.05, 0.1) is 5.52 Å². The Bertz CT molecular complexity index is 1300. The van der Waals surface area contributed by atoms with Gasteiger partial charge in [0.2, 0.25) is 0 Å². The highest BCUT2D eigenvalue weighted by molar-refractivity contribution is 7.80. The number of tetrazole rings is 1. The fraction of sp³-hybridized carbons (Fsp3) is 0.360. The van der Waals surface area contributed by atoms with Gasteiger partial charge < -0.3 is 10.2 Å². The average Bonchev–Trinajstić information content (AvgIpc) is 3.46. The third kappa shape index (κ3) is 3.93. The van der Waals surface area contributed by atoms with E-state index in [1.807, 2.05) is 4.52 Å². The van der Waals surface area contributed by atoms with E-state index in [2.05, 4.69) is 89.0 Å². The van der Waals surface area contributed by atoms with E-state index >= 15 is 0 Å². The van der Waals surface area contributed by atoms with Crippen LogP contribution in [0.25, 0.3) is 16.6 Å². The number of hydrogen-bond acceptors (Lipinski definition) is 4. The van der Waals surface area contributed by atoms with Crippen molar-refractivity contribution in [1.82, 2.24) is 24.9 Å². The van der Waals surface area contributed by atoms with Gasteiger partial charge in [0.1, 0.15) is 0 Å². The summed E-state index contributed by atoms with van der Waals surface area (Å²) in [5, 5.41) is 18.0. The molecule has 0 spiro atoms. The van der Waals surface area contributed by atoms with Crippen molar-refractivity contribution in [2.24, 2.45) is 0 Å². The Kier molecular flexibility index (Phi) is 5.51. The van der Waals surface area contributed by atoms with Gasteiger partial charge in [-0.15, -0.1) is 5.10 Å². The number of thiocarbonyl (C=S) groups is 1. The summed E-state index contributed by atoms with van der Waals surface area (Å²) >= 11 is 5.97. The maximum Gasteiger partial charge on any atom is 0.184 e. The Hall–Kier alpha value is -3.06. The van der Waals surface area contributed by atoms with Crippen molar-refractivity contribution < 1.29 is 0 Å².